The largest absolute Gasteiger partial charge is 0.353 e. The van der Waals surface area contributed by atoms with E-state index < -0.39 is 0 Å². The van der Waals surface area contributed by atoms with E-state index in [1.807, 2.05) is 18.3 Å². The number of nitrogens with zero attached hydrogens (tertiary/aromatic N) is 6. The first-order chi connectivity index (χ1) is 11.2. The molecule has 2 aromatic heterocycles. The van der Waals surface area contributed by atoms with Crippen LogP contribution in [0.3, 0.4) is 0 Å². The Bertz CT molecular complexity index is 652. The van der Waals surface area contributed by atoms with Crippen LogP contribution >= 0.6 is 15.9 Å². The minimum atomic E-state index is 0.752. The molecule has 0 aliphatic carbocycles. The number of hydrogen-bond donors (Lipinski definition) is 0. The third kappa shape index (κ3) is 3.60. The van der Waals surface area contributed by atoms with Crippen LogP contribution in [-0.2, 0) is 12.8 Å². The Morgan fingerprint density at radius 3 is 2.26 bits per heavy atom. The van der Waals surface area contributed by atoms with Crippen LogP contribution in [0.4, 0.5) is 11.8 Å². The lowest BCUT2D eigenvalue weighted by molar-refractivity contribution is 0.624. The SMILES string of the molecule is CCc1nnc(N2CCN(c3ccc(Br)cn3)CC2)nc1CC. The molecule has 3 heterocycles. The molecule has 2 aromatic rings. The molecular formula is C16H21BrN6. The Labute approximate surface area is 145 Å². The van der Waals surface area contributed by atoms with E-state index in [4.69, 9.17) is 4.98 Å². The summed E-state index contributed by atoms with van der Waals surface area (Å²) in [5.74, 6) is 1.77. The van der Waals surface area contributed by atoms with E-state index in [9.17, 15) is 0 Å². The minimum absolute atomic E-state index is 0.752. The fraction of sp³-hybridized carbons (Fsp3) is 0.500. The Balaban J connectivity index is 1.68. The summed E-state index contributed by atoms with van der Waals surface area (Å²) < 4.78 is 1.00. The quantitative estimate of drug-likeness (QED) is 0.816. The van der Waals surface area contributed by atoms with Gasteiger partial charge in [0.05, 0.1) is 11.4 Å². The average molecular weight is 377 g/mol. The Kier molecular flexibility index (Phi) is 5.05. The highest BCUT2D eigenvalue weighted by molar-refractivity contribution is 9.10. The monoisotopic (exact) mass is 376 g/mol. The molecule has 1 aliphatic rings. The molecule has 1 aliphatic heterocycles. The van der Waals surface area contributed by atoms with Gasteiger partial charge in [0.2, 0.25) is 5.95 Å². The van der Waals surface area contributed by atoms with Crippen LogP contribution in [0.15, 0.2) is 22.8 Å². The molecule has 0 unspecified atom stereocenters. The fourth-order valence-electron chi connectivity index (χ4n) is 2.75. The maximum Gasteiger partial charge on any atom is 0.245 e. The minimum Gasteiger partial charge on any atom is -0.353 e. The Hall–Kier alpha value is -1.76. The molecule has 1 saturated heterocycles. The van der Waals surface area contributed by atoms with Crippen molar-refractivity contribution in [3.63, 3.8) is 0 Å². The van der Waals surface area contributed by atoms with E-state index in [2.05, 4.69) is 54.8 Å². The first kappa shape index (κ1) is 16.1. The third-order valence-electron chi connectivity index (χ3n) is 4.10. The van der Waals surface area contributed by atoms with Crippen LogP contribution in [0.25, 0.3) is 0 Å². The smallest absolute Gasteiger partial charge is 0.245 e. The molecule has 0 saturated carbocycles. The van der Waals surface area contributed by atoms with Crippen molar-refractivity contribution in [3.8, 4) is 0 Å². The van der Waals surface area contributed by atoms with Crippen LogP contribution in [0.1, 0.15) is 25.2 Å². The number of aromatic nitrogens is 4. The number of halogens is 1. The summed E-state index contributed by atoms with van der Waals surface area (Å²) >= 11 is 3.42. The van der Waals surface area contributed by atoms with E-state index in [1.54, 1.807) is 0 Å². The second kappa shape index (κ2) is 7.21. The number of anilines is 2. The molecule has 6 nitrogen and oxygen atoms in total. The summed E-state index contributed by atoms with van der Waals surface area (Å²) in [6.07, 6.45) is 3.62. The second-order valence-corrected chi connectivity index (χ2v) is 6.44. The summed E-state index contributed by atoms with van der Waals surface area (Å²) in [7, 11) is 0. The summed E-state index contributed by atoms with van der Waals surface area (Å²) in [6.45, 7) is 7.80. The van der Waals surface area contributed by atoms with Crippen molar-refractivity contribution in [1.82, 2.24) is 20.2 Å². The summed E-state index contributed by atoms with van der Waals surface area (Å²) in [4.78, 5) is 13.7. The number of aryl methyl sites for hydroxylation is 2. The van der Waals surface area contributed by atoms with Gasteiger partial charge in [-0.25, -0.2) is 9.97 Å². The summed E-state index contributed by atoms with van der Waals surface area (Å²) in [5, 5.41) is 8.66. The molecule has 0 N–H and O–H groups in total. The molecule has 1 fully saturated rings. The second-order valence-electron chi connectivity index (χ2n) is 5.52. The van der Waals surface area contributed by atoms with Crippen LogP contribution in [-0.4, -0.2) is 46.3 Å². The van der Waals surface area contributed by atoms with Crippen LogP contribution < -0.4 is 9.80 Å². The van der Waals surface area contributed by atoms with Crippen molar-refractivity contribution in [1.29, 1.82) is 0 Å². The lowest BCUT2D eigenvalue weighted by atomic mass is 10.2. The highest BCUT2D eigenvalue weighted by atomic mass is 79.9. The molecule has 0 aromatic carbocycles. The summed E-state index contributed by atoms with van der Waals surface area (Å²) in [6, 6.07) is 4.07. The van der Waals surface area contributed by atoms with Crippen molar-refractivity contribution in [2.24, 2.45) is 0 Å². The van der Waals surface area contributed by atoms with Gasteiger partial charge in [0, 0.05) is 36.8 Å². The Morgan fingerprint density at radius 1 is 0.957 bits per heavy atom. The first-order valence-electron chi connectivity index (χ1n) is 8.05. The van der Waals surface area contributed by atoms with E-state index in [-0.39, 0.29) is 0 Å². The summed E-state index contributed by atoms with van der Waals surface area (Å²) in [5.41, 5.74) is 2.07. The van der Waals surface area contributed by atoms with E-state index in [0.29, 0.717) is 0 Å². The van der Waals surface area contributed by atoms with Crippen LogP contribution in [0.2, 0.25) is 0 Å². The van der Waals surface area contributed by atoms with Gasteiger partial charge >= 0.3 is 0 Å². The molecule has 7 heteroatoms. The van der Waals surface area contributed by atoms with Gasteiger partial charge in [0.15, 0.2) is 0 Å². The molecule has 3 rings (SSSR count). The third-order valence-corrected chi connectivity index (χ3v) is 4.57. The molecule has 0 bridgehead atoms. The van der Waals surface area contributed by atoms with Gasteiger partial charge in [-0.05, 0) is 40.9 Å². The molecule has 0 radical (unpaired) electrons. The first-order valence-corrected chi connectivity index (χ1v) is 8.84. The van der Waals surface area contributed by atoms with Gasteiger partial charge < -0.3 is 9.80 Å². The number of pyridine rings is 1. The van der Waals surface area contributed by atoms with E-state index in [0.717, 1.165) is 66.6 Å². The highest BCUT2D eigenvalue weighted by Crippen LogP contribution is 2.18. The molecule has 122 valence electrons. The van der Waals surface area contributed by atoms with Gasteiger partial charge in [-0.3, -0.25) is 0 Å². The maximum absolute atomic E-state index is 4.71. The fourth-order valence-corrected chi connectivity index (χ4v) is 2.99. The molecule has 0 spiro atoms. The lowest BCUT2D eigenvalue weighted by Gasteiger charge is -2.35. The number of piperazine rings is 1. The standard InChI is InChI=1S/C16H21BrN6/c1-3-13-14(4-2)20-21-16(19-13)23-9-7-22(8-10-23)15-6-5-12(17)11-18-15/h5-6,11H,3-4,7-10H2,1-2H3. The predicted molar refractivity (Wildman–Crippen MR) is 94.9 cm³/mol. The van der Waals surface area contributed by atoms with Gasteiger partial charge in [-0.2, -0.15) is 5.10 Å². The maximum atomic E-state index is 4.71. The molecule has 0 amide bonds. The van der Waals surface area contributed by atoms with Crippen molar-refractivity contribution in [2.75, 3.05) is 36.0 Å². The van der Waals surface area contributed by atoms with Gasteiger partial charge in [0.1, 0.15) is 5.82 Å². The number of rotatable bonds is 4. The zero-order valence-electron chi connectivity index (χ0n) is 13.5. The molecular weight excluding hydrogens is 356 g/mol. The average Bonchev–Trinajstić information content (AvgIpc) is 2.62. The van der Waals surface area contributed by atoms with Gasteiger partial charge in [-0.15, -0.1) is 5.10 Å². The van der Waals surface area contributed by atoms with Crippen LogP contribution in [0, 0.1) is 0 Å². The molecule has 0 atom stereocenters. The Morgan fingerprint density at radius 2 is 1.65 bits per heavy atom. The van der Waals surface area contributed by atoms with Crippen molar-refractivity contribution < 1.29 is 0 Å². The van der Waals surface area contributed by atoms with Crippen molar-refractivity contribution in [2.45, 2.75) is 26.7 Å². The zero-order chi connectivity index (χ0) is 16.2. The van der Waals surface area contributed by atoms with Crippen molar-refractivity contribution >= 4 is 27.7 Å². The predicted octanol–water partition coefficient (Wildman–Crippen LogP) is 2.48. The van der Waals surface area contributed by atoms with Gasteiger partial charge in [0.25, 0.3) is 0 Å². The van der Waals surface area contributed by atoms with Crippen molar-refractivity contribution in [3.05, 3.63) is 34.2 Å². The topological polar surface area (TPSA) is 58.0 Å². The number of hydrogen-bond acceptors (Lipinski definition) is 6. The van der Waals surface area contributed by atoms with E-state index >= 15 is 0 Å². The highest BCUT2D eigenvalue weighted by Gasteiger charge is 2.21. The molecule has 23 heavy (non-hydrogen) atoms. The van der Waals surface area contributed by atoms with Gasteiger partial charge in [-0.1, -0.05) is 13.8 Å². The zero-order valence-corrected chi connectivity index (χ0v) is 15.1. The lowest BCUT2D eigenvalue weighted by Crippen LogP contribution is -2.47. The van der Waals surface area contributed by atoms with Crippen LogP contribution in [0.5, 0.6) is 0 Å². The van der Waals surface area contributed by atoms with E-state index in [1.165, 1.54) is 0 Å². The normalized spacial score (nSPS) is 15.1.